The summed E-state index contributed by atoms with van der Waals surface area (Å²) in [5, 5.41) is 12.3. The van der Waals surface area contributed by atoms with Gasteiger partial charge in [-0.15, -0.1) is 0 Å². The summed E-state index contributed by atoms with van der Waals surface area (Å²) in [6.07, 6.45) is 0.338. The summed E-state index contributed by atoms with van der Waals surface area (Å²) in [4.78, 5) is 20.0. The molecule has 0 bridgehead atoms. The van der Waals surface area contributed by atoms with Gasteiger partial charge < -0.3 is 9.15 Å². The van der Waals surface area contributed by atoms with Crippen LogP contribution in [0.25, 0.3) is 0 Å². The lowest BCUT2D eigenvalue weighted by Gasteiger charge is -1.96. The maximum Gasteiger partial charge on any atom is 0.435 e. The molecule has 1 heterocycles. The lowest BCUT2D eigenvalue weighted by Crippen LogP contribution is -2.09. The van der Waals surface area contributed by atoms with Gasteiger partial charge in [0.2, 0.25) is 0 Å². The minimum atomic E-state index is -0.712. The van der Waals surface area contributed by atoms with Gasteiger partial charge in [-0.05, 0) is 0 Å². The molecule has 0 spiro atoms. The third-order valence-corrected chi connectivity index (χ3v) is 1.20. The molecule has 0 unspecified atom stereocenters. The first-order valence-corrected chi connectivity index (χ1v) is 3.21. The number of nitro groups is 1. The van der Waals surface area contributed by atoms with E-state index in [2.05, 4.69) is 14.5 Å². The molecule has 0 saturated carbocycles. The number of carbonyl (C=O) groups is 1. The molecular weight excluding hydrogens is 180 g/mol. The molecule has 0 radical (unpaired) electrons. The van der Waals surface area contributed by atoms with E-state index < -0.39 is 16.9 Å². The highest BCUT2D eigenvalue weighted by atomic mass is 16.6. The van der Waals surface area contributed by atoms with Crippen LogP contribution >= 0.6 is 0 Å². The minimum Gasteiger partial charge on any atom is -0.453 e. The largest absolute Gasteiger partial charge is 0.453 e. The Hall–Kier alpha value is -2.05. The molecule has 1 aromatic heterocycles. The van der Waals surface area contributed by atoms with E-state index >= 15 is 0 Å². The summed E-state index contributed by atoms with van der Waals surface area (Å²) in [5.74, 6) is -0.439. The zero-order valence-electron chi connectivity index (χ0n) is 6.64. The van der Waals surface area contributed by atoms with E-state index in [9.17, 15) is 14.9 Å². The number of rotatable bonds is 2. The number of nitrogens with zero attached hydrogens (tertiary/aromatic N) is 1. The second kappa shape index (κ2) is 3.57. The predicted molar refractivity (Wildman–Crippen MR) is 41.4 cm³/mol. The van der Waals surface area contributed by atoms with Crippen molar-refractivity contribution in [2.24, 2.45) is 0 Å². The van der Waals surface area contributed by atoms with E-state index in [4.69, 9.17) is 0 Å². The number of ether oxygens (including phenoxy) is 1. The van der Waals surface area contributed by atoms with Crippen LogP contribution < -0.4 is 5.32 Å². The molecule has 1 N–H and O–H groups in total. The van der Waals surface area contributed by atoms with Gasteiger partial charge in [-0.1, -0.05) is 0 Å². The maximum atomic E-state index is 10.6. The first-order chi connectivity index (χ1) is 6.13. The van der Waals surface area contributed by atoms with E-state index in [1.807, 2.05) is 0 Å². The fraction of sp³-hybridized carbons (Fsp3) is 0.167. The van der Waals surface area contributed by atoms with Crippen LogP contribution in [0, 0.1) is 10.1 Å². The van der Waals surface area contributed by atoms with Gasteiger partial charge >= 0.3 is 12.0 Å². The van der Waals surface area contributed by atoms with Gasteiger partial charge in [0.15, 0.2) is 0 Å². The van der Waals surface area contributed by atoms with E-state index in [-0.39, 0.29) is 5.69 Å². The average molecular weight is 186 g/mol. The van der Waals surface area contributed by atoms with E-state index in [1.54, 1.807) is 0 Å². The Balaban J connectivity index is 2.69. The van der Waals surface area contributed by atoms with Gasteiger partial charge in [0.1, 0.15) is 11.2 Å². The SMILES string of the molecule is COC(=O)Nc1coc([N+](=O)[O-])c1. The number of furan rings is 1. The highest BCUT2D eigenvalue weighted by Crippen LogP contribution is 2.19. The molecular formula is C6H6N2O5. The minimum absolute atomic E-state index is 0.179. The second-order valence-electron chi connectivity index (χ2n) is 2.05. The van der Waals surface area contributed by atoms with Crippen molar-refractivity contribution >= 4 is 17.7 Å². The molecule has 13 heavy (non-hydrogen) atoms. The topological polar surface area (TPSA) is 94.6 Å². The van der Waals surface area contributed by atoms with Crippen LogP contribution in [0.1, 0.15) is 0 Å². The zero-order chi connectivity index (χ0) is 9.84. The van der Waals surface area contributed by atoms with E-state index in [1.165, 1.54) is 7.11 Å². The summed E-state index contributed by atoms with van der Waals surface area (Å²) < 4.78 is 8.76. The maximum absolute atomic E-state index is 10.6. The summed E-state index contributed by atoms with van der Waals surface area (Å²) >= 11 is 0. The molecule has 0 aliphatic carbocycles. The van der Waals surface area contributed by atoms with E-state index in [0.29, 0.717) is 0 Å². The fourth-order valence-electron chi connectivity index (χ4n) is 0.655. The summed E-state index contributed by atoms with van der Waals surface area (Å²) in [6.45, 7) is 0. The standard InChI is InChI=1S/C6H6N2O5/c1-12-6(9)7-4-2-5(8(10)11)13-3-4/h2-3H,1H3,(H,7,9). The van der Waals surface area contributed by atoms with Crippen molar-refractivity contribution < 1.29 is 18.9 Å². The summed E-state index contributed by atoms with van der Waals surface area (Å²) in [5.41, 5.74) is 0.179. The van der Waals surface area contributed by atoms with Crippen LogP contribution in [0.5, 0.6) is 0 Å². The normalized spacial score (nSPS) is 9.31. The van der Waals surface area contributed by atoms with E-state index in [0.717, 1.165) is 12.3 Å². The molecule has 0 aromatic carbocycles. The van der Waals surface area contributed by atoms with Crippen LogP contribution in [0.15, 0.2) is 16.7 Å². The van der Waals surface area contributed by atoms with Gasteiger partial charge in [0.25, 0.3) is 0 Å². The molecule has 7 heteroatoms. The van der Waals surface area contributed by atoms with Crippen molar-refractivity contribution in [2.45, 2.75) is 0 Å². The number of methoxy groups -OCH3 is 1. The molecule has 0 saturated heterocycles. The molecule has 7 nitrogen and oxygen atoms in total. The molecule has 0 fully saturated rings. The summed E-state index contributed by atoms with van der Waals surface area (Å²) in [6, 6.07) is 1.08. The number of carbonyl (C=O) groups excluding carboxylic acids is 1. The van der Waals surface area contributed by atoms with Gasteiger partial charge in [-0.2, -0.15) is 0 Å². The number of hydrogen-bond donors (Lipinski definition) is 1. The molecule has 1 amide bonds. The van der Waals surface area contributed by atoms with Crippen LogP contribution in [-0.4, -0.2) is 18.1 Å². The third kappa shape index (κ3) is 2.19. The quantitative estimate of drug-likeness (QED) is 0.555. The van der Waals surface area contributed by atoms with Gasteiger partial charge in [-0.25, -0.2) is 4.79 Å². The first-order valence-electron chi connectivity index (χ1n) is 3.21. The zero-order valence-corrected chi connectivity index (χ0v) is 6.64. The fourth-order valence-corrected chi connectivity index (χ4v) is 0.655. The highest BCUT2D eigenvalue weighted by Gasteiger charge is 2.13. The van der Waals surface area contributed by atoms with Crippen LogP contribution in [-0.2, 0) is 4.74 Å². The molecule has 70 valence electrons. The number of amides is 1. The molecule has 0 aliphatic rings. The Bertz CT molecular complexity index is 332. The van der Waals surface area contributed by atoms with Crippen molar-refractivity contribution in [2.75, 3.05) is 12.4 Å². The lowest BCUT2D eigenvalue weighted by molar-refractivity contribution is -0.402. The Morgan fingerprint density at radius 2 is 2.46 bits per heavy atom. The van der Waals surface area contributed by atoms with Crippen molar-refractivity contribution in [1.82, 2.24) is 0 Å². The summed E-state index contributed by atoms with van der Waals surface area (Å²) in [7, 11) is 1.18. The second-order valence-corrected chi connectivity index (χ2v) is 2.05. The molecule has 0 atom stereocenters. The third-order valence-electron chi connectivity index (χ3n) is 1.20. The Labute approximate surface area is 72.4 Å². The van der Waals surface area contributed by atoms with Gasteiger partial charge in [0, 0.05) is 0 Å². The Morgan fingerprint density at radius 3 is 2.92 bits per heavy atom. The first kappa shape index (κ1) is 9.04. The monoisotopic (exact) mass is 186 g/mol. The molecule has 1 aromatic rings. The lowest BCUT2D eigenvalue weighted by atomic mass is 10.5. The smallest absolute Gasteiger partial charge is 0.435 e. The predicted octanol–water partition coefficient (Wildman–Crippen LogP) is 1.37. The average Bonchev–Trinajstić information content (AvgIpc) is 2.52. The van der Waals surface area contributed by atoms with Crippen molar-refractivity contribution in [3.05, 3.63) is 22.4 Å². The number of nitrogens with one attached hydrogen (secondary N) is 1. The van der Waals surface area contributed by atoms with Crippen LogP contribution in [0.3, 0.4) is 0 Å². The highest BCUT2D eigenvalue weighted by molar-refractivity contribution is 5.84. The number of hydrogen-bond acceptors (Lipinski definition) is 5. The van der Waals surface area contributed by atoms with Crippen molar-refractivity contribution in [3.63, 3.8) is 0 Å². The van der Waals surface area contributed by atoms with Crippen molar-refractivity contribution in [3.8, 4) is 0 Å². The van der Waals surface area contributed by atoms with Gasteiger partial charge in [-0.3, -0.25) is 15.4 Å². The van der Waals surface area contributed by atoms with Crippen LogP contribution in [0.2, 0.25) is 0 Å². The Morgan fingerprint density at radius 1 is 1.77 bits per heavy atom. The van der Waals surface area contributed by atoms with Crippen molar-refractivity contribution in [1.29, 1.82) is 0 Å². The van der Waals surface area contributed by atoms with Gasteiger partial charge in [0.05, 0.1) is 18.9 Å². The molecule has 0 aliphatic heterocycles. The Kier molecular flexibility index (Phi) is 2.48. The molecule has 1 rings (SSSR count). The van der Waals surface area contributed by atoms with Crippen LogP contribution in [0.4, 0.5) is 16.4 Å². The number of anilines is 1.